The molecule has 1 unspecified atom stereocenters. The van der Waals surface area contributed by atoms with Gasteiger partial charge < -0.3 is 28.9 Å². The minimum absolute atomic E-state index is 0.217. The average molecular weight is 437 g/mol. The Morgan fingerprint density at radius 2 is 2.07 bits per heavy atom. The smallest absolute Gasteiger partial charge is 0.181 e. The number of ether oxygens (including phenoxy) is 1. The zero-order chi connectivity index (χ0) is 20.6. The van der Waals surface area contributed by atoms with Crippen molar-refractivity contribution in [3.63, 3.8) is 0 Å². The van der Waals surface area contributed by atoms with Crippen molar-refractivity contribution in [2.45, 2.75) is 6.10 Å². The van der Waals surface area contributed by atoms with E-state index >= 15 is 0 Å². The second-order valence-electron chi connectivity index (χ2n) is 6.04. The third-order valence-corrected chi connectivity index (χ3v) is 4.75. The second-order valence-corrected chi connectivity index (χ2v) is 7.12. The molecule has 29 heavy (non-hydrogen) atoms. The van der Waals surface area contributed by atoms with Crippen molar-refractivity contribution in [1.29, 1.82) is 0 Å². The fourth-order valence-corrected chi connectivity index (χ4v) is 3.16. The molecule has 3 N–H and O–H groups in total. The van der Waals surface area contributed by atoms with Crippen LogP contribution in [0.5, 0.6) is 5.75 Å². The summed E-state index contributed by atoms with van der Waals surface area (Å²) in [6, 6.07) is 12.2. The van der Waals surface area contributed by atoms with E-state index in [-0.39, 0.29) is 17.3 Å². The van der Waals surface area contributed by atoms with Gasteiger partial charge in [0.1, 0.15) is 24.3 Å². The molecule has 1 aromatic heterocycles. The van der Waals surface area contributed by atoms with Gasteiger partial charge in [-0.05, 0) is 42.0 Å². The number of rotatable bonds is 10. The lowest BCUT2D eigenvalue weighted by atomic mass is 10.1. The molecule has 154 valence electrons. The molecule has 0 aliphatic rings. The lowest BCUT2D eigenvalue weighted by molar-refractivity contribution is 0.172. The summed E-state index contributed by atoms with van der Waals surface area (Å²) in [5.41, 5.74) is 2.45. The minimum Gasteiger partial charge on any atom is -0.755 e. The number of halogens is 1. The Morgan fingerprint density at radius 1 is 1.28 bits per heavy atom. The van der Waals surface area contributed by atoms with Crippen molar-refractivity contribution >= 4 is 28.6 Å². The van der Waals surface area contributed by atoms with Crippen LogP contribution in [0.25, 0.3) is 11.3 Å². The fourth-order valence-electron chi connectivity index (χ4n) is 2.59. The molecule has 0 saturated carbocycles. The summed E-state index contributed by atoms with van der Waals surface area (Å²) in [4.78, 5) is 4.09. The topological polar surface area (TPSA) is 120 Å². The van der Waals surface area contributed by atoms with E-state index < -0.39 is 17.4 Å². The van der Waals surface area contributed by atoms with Gasteiger partial charge in [-0.15, -0.1) is 0 Å². The minimum atomic E-state index is -2.49. The monoisotopic (exact) mass is 436 g/mol. The summed E-state index contributed by atoms with van der Waals surface area (Å²) < 4.78 is 34.4. The molecular weight excluding hydrogens is 418 g/mol. The molecule has 0 fully saturated rings. The molecular formula is C19H19ClN3O5S-. The molecule has 0 aliphatic heterocycles. The standard InChI is InChI=1S/C19H20ClN3O5S/c20-16-6-3-14(9-17(16)23-29(25)26)19(24)10-21-7-8-28-15-4-1-13(2-5-15)18-11-27-12-22-18/h1-6,9,11-12,19,21,23-24H,7-8,10H2,(H,25,26)/p-1/t19-/m0/s1. The third-order valence-electron chi connectivity index (χ3n) is 4.04. The summed E-state index contributed by atoms with van der Waals surface area (Å²) >= 11 is 3.44. The van der Waals surface area contributed by atoms with Gasteiger partial charge in [-0.25, -0.2) is 4.98 Å². The van der Waals surface area contributed by atoms with E-state index in [0.717, 1.165) is 17.0 Å². The highest BCUT2D eigenvalue weighted by molar-refractivity contribution is 7.80. The molecule has 2 aromatic carbocycles. The molecule has 0 amide bonds. The lowest BCUT2D eigenvalue weighted by Gasteiger charge is -2.16. The van der Waals surface area contributed by atoms with E-state index in [4.69, 9.17) is 20.8 Å². The number of nitrogens with one attached hydrogen (secondary N) is 2. The predicted octanol–water partition coefficient (Wildman–Crippen LogP) is 2.90. The quantitative estimate of drug-likeness (QED) is 0.330. The van der Waals surface area contributed by atoms with Crippen LogP contribution in [0.4, 0.5) is 5.69 Å². The highest BCUT2D eigenvalue weighted by Gasteiger charge is 2.10. The molecule has 0 aliphatic carbocycles. The molecule has 10 heteroatoms. The zero-order valence-electron chi connectivity index (χ0n) is 15.2. The normalized spacial score (nSPS) is 13.1. The number of benzene rings is 2. The first-order chi connectivity index (χ1) is 14.0. The van der Waals surface area contributed by atoms with Crippen molar-refractivity contribution in [1.82, 2.24) is 10.3 Å². The Kier molecular flexibility index (Phi) is 7.62. The summed E-state index contributed by atoms with van der Waals surface area (Å²) in [5.74, 6) is 0.721. The maximum absolute atomic E-state index is 10.8. The molecule has 2 atom stereocenters. The first kappa shape index (κ1) is 21.3. The molecule has 1 heterocycles. The van der Waals surface area contributed by atoms with Gasteiger partial charge in [-0.3, -0.25) is 4.21 Å². The van der Waals surface area contributed by atoms with Gasteiger partial charge in [-0.1, -0.05) is 17.7 Å². The van der Waals surface area contributed by atoms with Crippen LogP contribution in [-0.2, 0) is 11.3 Å². The third kappa shape index (κ3) is 6.28. The predicted molar refractivity (Wildman–Crippen MR) is 109 cm³/mol. The Hall–Kier alpha value is -2.43. The molecule has 3 rings (SSSR count). The molecule has 0 saturated heterocycles. The highest BCUT2D eigenvalue weighted by atomic mass is 35.5. The van der Waals surface area contributed by atoms with Gasteiger partial charge in [0.15, 0.2) is 6.39 Å². The summed E-state index contributed by atoms with van der Waals surface area (Å²) in [7, 11) is 0. The number of hydrogen-bond acceptors (Lipinski definition) is 7. The number of aromatic nitrogens is 1. The van der Waals surface area contributed by atoms with Crippen LogP contribution in [0.15, 0.2) is 59.5 Å². The number of hydrogen-bond donors (Lipinski definition) is 3. The number of nitrogens with zero attached hydrogens (tertiary/aromatic N) is 1. The van der Waals surface area contributed by atoms with Crippen LogP contribution in [0.3, 0.4) is 0 Å². The van der Waals surface area contributed by atoms with E-state index in [1.165, 1.54) is 18.5 Å². The van der Waals surface area contributed by atoms with Gasteiger partial charge >= 0.3 is 0 Å². The van der Waals surface area contributed by atoms with Crippen LogP contribution in [0.1, 0.15) is 11.7 Å². The van der Waals surface area contributed by atoms with Crippen LogP contribution >= 0.6 is 11.6 Å². The Bertz CT molecular complexity index is 938. The second kappa shape index (κ2) is 10.4. The van der Waals surface area contributed by atoms with Crippen LogP contribution in [0, 0.1) is 0 Å². The van der Waals surface area contributed by atoms with Crippen LogP contribution < -0.4 is 14.8 Å². The Labute approximate surface area is 175 Å². The van der Waals surface area contributed by atoms with Crippen molar-refractivity contribution in [2.75, 3.05) is 24.4 Å². The lowest BCUT2D eigenvalue weighted by Crippen LogP contribution is -2.26. The highest BCUT2D eigenvalue weighted by Crippen LogP contribution is 2.26. The SMILES string of the molecule is O=S([O-])Nc1cc([C@@H](O)CNCCOc2ccc(-c3cocn3)cc2)ccc1Cl. The van der Waals surface area contributed by atoms with Gasteiger partial charge in [0, 0.05) is 29.9 Å². The number of oxazole rings is 1. The maximum atomic E-state index is 10.8. The van der Waals surface area contributed by atoms with E-state index in [1.54, 1.807) is 12.3 Å². The number of anilines is 1. The summed E-state index contributed by atoms with van der Waals surface area (Å²) in [5, 5.41) is 13.6. The first-order valence-electron chi connectivity index (χ1n) is 8.68. The van der Waals surface area contributed by atoms with E-state index in [9.17, 15) is 13.9 Å². The number of aliphatic hydroxyl groups is 1. The first-order valence-corrected chi connectivity index (χ1v) is 10.1. The molecule has 0 radical (unpaired) electrons. The summed E-state index contributed by atoms with van der Waals surface area (Å²) in [6.07, 6.45) is 2.13. The summed E-state index contributed by atoms with van der Waals surface area (Å²) in [6.45, 7) is 1.21. The van der Waals surface area contributed by atoms with E-state index in [2.05, 4.69) is 15.0 Å². The molecule has 0 spiro atoms. The van der Waals surface area contributed by atoms with Crippen molar-refractivity contribution < 1.29 is 23.0 Å². The van der Waals surface area contributed by atoms with Gasteiger partial charge in [-0.2, -0.15) is 0 Å². The molecule has 3 aromatic rings. The van der Waals surface area contributed by atoms with Crippen molar-refractivity contribution in [3.8, 4) is 17.0 Å². The average Bonchev–Trinajstić information content (AvgIpc) is 3.24. The van der Waals surface area contributed by atoms with E-state index in [1.807, 2.05) is 24.3 Å². The number of aliphatic hydroxyl groups excluding tert-OH is 1. The molecule has 8 nitrogen and oxygen atoms in total. The van der Waals surface area contributed by atoms with Crippen molar-refractivity contribution in [3.05, 3.63) is 65.7 Å². The van der Waals surface area contributed by atoms with E-state index in [0.29, 0.717) is 18.7 Å². The van der Waals surface area contributed by atoms with Gasteiger partial charge in [0.2, 0.25) is 0 Å². The largest absolute Gasteiger partial charge is 0.755 e. The molecule has 0 bridgehead atoms. The van der Waals surface area contributed by atoms with Crippen LogP contribution in [-0.4, -0.2) is 38.5 Å². The fraction of sp³-hybridized carbons (Fsp3) is 0.211. The maximum Gasteiger partial charge on any atom is 0.181 e. The van der Waals surface area contributed by atoms with Crippen molar-refractivity contribution in [2.24, 2.45) is 0 Å². The zero-order valence-corrected chi connectivity index (χ0v) is 16.8. The Balaban J connectivity index is 1.42. The van der Waals surface area contributed by atoms with Crippen LogP contribution in [0.2, 0.25) is 5.02 Å². The van der Waals surface area contributed by atoms with Gasteiger partial charge in [0.25, 0.3) is 0 Å². The van der Waals surface area contributed by atoms with Gasteiger partial charge in [0.05, 0.1) is 16.8 Å². The Morgan fingerprint density at radius 3 is 2.76 bits per heavy atom.